The van der Waals surface area contributed by atoms with E-state index in [2.05, 4.69) is 31.3 Å². The van der Waals surface area contributed by atoms with Gasteiger partial charge in [-0.25, -0.2) is 0 Å². The zero-order valence-electron chi connectivity index (χ0n) is 44.0. The zero-order valence-corrected chi connectivity index (χ0v) is 44.0. The van der Waals surface area contributed by atoms with Gasteiger partial charge < -0.3 is 65.1 Å². The molecule has 0 aromatic heterocycles. The van der Waals surface area contributed by atoms with E-state index in [1.54, 1.807) is 6.08 Å². The summed E-state index contributed by atoms with van der Waals surface area (Å²) in [5.74, 6) is -0.248. The average molecular weight is 1000 g/mol. The maximum atomic E-state index is 13.2. The van der Waals surface area contributed by atoms with E-state index in [9.17, 15) is 45.6 Å². The smallest absolute Gasteiger partial charge is 0.220 e. The van der Waals surface area contributed by atoms with Crippen molar-refractivity contribution < 1.29 is 64.6 Å². The van der Waals surface area contributed by atoms with E-state index in [4.69, 9.17) is 18.9 Å². The Balaban J connectivity index is 1.76. The predicted molar refractivity (Wildman–Crippen MR) is 277 cm³/mol. The number of unbranched alkanes of at least 4 members (excludes halogenated alkanes) is 30. The molecule has 2 rings (SSSR count). The zero-order chi connectivity index (χ0) is 51.0. The maximum Gasteiger partial charge on any atom is 0.220 e. The molecular weight excluding hydrogens is 895 g/mol. The number of amides is 1. The molecule has 0 aromatic carbocycles. The molecule has 0 radical (unpaired) electrons. The Morgan fingerprint density at radius 2 is 0.900 bits per heavy atom. The molecular formula is C56H105NO13. The number of hydrogen-bond acceptors (Lipinski definition) is 13. The van der Waals surface area contributed by atoms with Crippen LogP contribution < -0.4 is 5.32 Å². The number of allylic oxidation sites excluding steroid dienone is 3. The molecule has 2 aliphatic heterocycles. The van der Waals surface area contributed by atoms with Gasteiger partial charge in [0.2, 0.25) is 5.91 Å². The second kappa shape index (κ2) is 42.8. The lowest BCUT2D eigenvalue weighted by atomic mass is 9.97. The number of aliphatic hydroxyl groups excluding tert-OH is 8. The lowest BCUT2D eigenvalue weighted by Gasteiger charge is -2.46. The highest BCUT2D eigenvalue weighted by molar-refractivity contribution is 5.76. The van der Waals surface area contributed by atoms with Gasteiger partial charge in [0.25, 0.3) is 0 Å². The summed E-state index contributed by atoms with van der Waals surface area (Å²) in [6.45, 7) is 2.77. The third kappa shape index (κ3) is 28.8. The number of rotatable bonds is 45. The van der Waals surface area contributed by atoms with Gasteiger partial charge in [-0.2, -0.15) is 0 Å². The van der Waals surface area contributed by atoms with Crippen molar-refractivity contribution in [3.05, 3.63) is 24.3 Å². The molecule has 12 unspecified atom stereocenters. The lowest BCUT2D eigenvalue weighted by Crippen LogP contribution is -2.65. The molecule has 70 heavy (non-hydrogen) atoms. The van der Waals surface area contributed by atoms with Crippen molar-refractivity contribution in [3.8, 4) is 0 Å². The molecule has 14 nitrogen and oxygen atoms in total. The summed E-state index contributed by atoms with van der Waals surface area (Å²) in [5, 5.41) is 86.9. The monoisotopic (exact) mass is 1000 g/mol. The standard InChI is InChI=1S/C56H105NO13/c1-3-5-7-9-11-13-15-17-18-19-20-21-22-23-24-25-26-27-28-29-31-33-35-37-39-45(60)44(57-48(61)40-38-36-34-32-30-16-14-12-10-8-6-4-2)43-67-55-53(66)51(64)54(47(42-59)69-55)70-56-52(65)50(63)49(62)46(41-58)68-56/h12,14,37,39,44-47,49-56,58-60,62-66H,3-11,13,15-36,38,40-43H2,1-2H3,(H,57,61)/b14-12-,39-37+. The lowest BCUT2D eigenvalue weighted by molar-refractivity contribution is -0.359. The van der Waals surface area contributed by atoms with Gasteiger partial charge in [0.15, 0.2) is 12.6 Å². The topological polar surface area (TPSA) is 228 Å². The minimum atomic E-state index is -1.79. The molecule has 12 atom stereocenters. The Kier molecular flexibility index (Phi) is 39.5. The molecule has 14 heteroatoms. The largest absolute Gasteiger partial charge is 0.394 e. The van der Waals surface area contributed by atoms with E-state index in [0.717, 1.165) is 57.8 Å². The Labute approximate surface area is 424 Å². The first-order valence-corrected chi connectivity index (χ1v) is 28.6. The van der Waals surface area contributed by atoms with Gasteiger partial charge >= 0.3 is 0 Å². The summed E-state index contributed by atoms with van der Waals surface area (Å²) < 4.78 is 22.7. The van der Waals surface area contributed by atoms with Crippen LogP contribution in [0.3, 0.4) is 0 Å². The molecule has 0 bridgehead atoms. The fourth-order valence-corrected chi connectivity index (χ4v) is 9.46. The minimum Gasteiger partial charge on any atom is -0.394 e. The van der Waals surface area contributed by atoms with Crippen LogP contribution in [-0.2, 0) is 23.7 Å². The van der Waals surface area contributed by atoms with Crippen molar-refractivity contribution >= 4 is 5.91 Å². The van der Waals surface area contributed by atoms with Gasteiger partial charge in [0, 0.05) is 6.42 Å². The van der Waals surface area contributed by atoms with Crippen molar-refractivity contribution in [2.24, 2.45) is 0 Å². The van der Waals surface area contributed by atoms with Crippen molar-refractivity contribution in [1.82, 2.24) is 5.32 Å². The summed E-state index contributed by atoms with van der Waals surface area (Å²) in [5.41, 5.74) is 0. The van der Waals surface area contributed by atoms with E-state index in [1.165, 1.54) is 148 Å². The quantitative estimate of drug-likeness (QED) is 0.0205. The van der Waals surface area contributed by atoms with Crippen LogP contribution in [0, 0.1) is 0 Å². The van der Waals surface area contributed by atoms with Crippen LogP contribution >= 0.6 is 0 Å². The second-order valence-electron chi connectivity index (χ2n) is 20.4. The van der Waals surface area contributed by atoms with Crippen molar-refractivity contribution in [3.63, 3.8) is 0 Å². The summed E-state index contributed by atoms with van der Waals surface area (Å²) in [7, 11) is 0. The first-order valence-electron chi connectivity index (χ1n) is 28.6. The molecule has 2 heterocycles. The van der Waals surface area contributed by atoms with Crippen LogP contribution in [0.1, 0.15) is 232 Å². The normalized spacial score (nSPS) is 26.1. The molecule has 0 aromatic rings. The first-order chi connectivity index (χ1) is 34.1. The van der Waals surface area contributed by atoms with Crippen LogP contribution in [0.15, 0.2) is 24.3 Å². The molecule has 412 valence electrons. The summed E-state index contributed by atoms with van der Waals surface area (Å²) >= 11 is 0. The Morgan fingerprint density at radius 3 is 1.39 bits per heavy atom. The van der Waals surface area contributed by atoms with E-state index >= 15 is 0 Å². The molecule has 2 fully saturated rings. The van der Waals surface area contributed by atoms with E-state index in [-0.39, 0.29) is 18.9 Å². The molecule has 0 spiro atoms. The van der Waals surface area contributed by atoms with E-state index in [1.807, 2.05) is 6.08 Å². The summed E-state index contributed by atoms with van der Waals surface area (Å²) in [6, 6.07) is -0.916. The Bertz CT molecular complexity index is 1270. The van der Waals surface area contributed by atoms with Gasteiger partial charge in [0.1, 0.15) is 48.8 Å². The Morgan fingerprint density at radius 1 is 0.500 bits per heavy atom. The number of carbonyl (C=O) groups is 1. The van der Waals surface area contributed by atoms with Crippen molar-refractivity contribution in [2.75, 3.05) is 19.8 Å². The SMILES string of the molecule is CCCCC/C=C\CCCCCCCC(=O)NC(COC1OC(CO)C(OC2OC(CO)C(O)C(O)C2O)C(O)C1O)C(O)/C=C/CCCCCCCCCCCCCCCCCCCCCCCC. The maximum absolute atomic E-state index is 13.2. The van der Waals surface area contributed by atoms with Crippen LogP contribution in [0.2, 0.25) is 0 Å². The van der Waals surface area contributed by atoms with Crippen molar-refractivity contribution in [2.45, 2.75) is 306 Å². The highest BCUT2D eigenvalue weighted by Crippen LogP contribution is 2.30. The van der Waals surface area contributed by atoms with Gasteiger partial charge in [-0.05, 0) is 44.9 Å². The van der Waals surface area contributed by atoms with Crippen LogP contribution in [-0.4, -0.2) is 140 Å². The van der Waals surface area contributed by atoms with Crippen molar-refractivity contribution in [1.29, 1.82) is 0 Å². The average Bonchev–Trinajstić information content (AvgIpc) is 3.36. The number of ether oxygens (including phenoxy) is 4. The number of aliphatic hydroxyl groups is 8. The van der Waals surface area contributed by atoms with Gasteiger partial charge in [-0.3, -0.25) is 4.79 Å². The fourth-order valence-electron chi connectivity index (χ4n) is 9.46. The first kappa shape index (κ1) is 64.6. The van der Waals surface area contributed by atoms with Gasteiger partial charge in [-0.1, -0.05) is 205 Å². The van der Waals surface area contributed by atoms with Crippen LogP contribution in [0.5, 0.6) is 0 Å². The molecule has 0 aliphatic carbocycles. The van der Waals surface area contributed by atoms with E-state index < -0.39 is 86.8 Å². The van der Waals surface area contributed by atoms with Crippen LogP contribution in [0.4, 0.5) is 0 Å². The highest BCUT2D eigenvalue weighted by Gasteiger charge is 2.51. The molecule has 1 amide bonds. The number of hydrogen-bond donors (Lipinski definition) is 9. The van der Waals surface area contributed by atoms with Gasteiger partial charge in [-0.15, -0.1) is 0 Å². The fraction of sp³-hybridized carbons (Fsp3) is 0.911. The second-order valence-corrected chi connectivity index (χ2v) is 20.4. The van der Waals surface area contributed by atoms with Gasteiger partial charge in [0.05, 0.1) is 32.0 Å². The minimum absolute atomic E-state index is 0.248. The Hall–Kier alpha value is -1.53. The number of carbonyl (C=O) groups excluding carboxylic acids is 1. The predicted octanol–water partition coefficient (Wildman–Crippen LogP) is 8.89. The number of nitrogens with one attached hydrogen (secondary N) is 1. The highest BCUT2D eigenvalue weighted by atomic mass is 16.7. The third-order valence-electron chi connectivity index (χ3n) is 14.1. The van der Waals surface area contributed by atoms with Crippen LogP contribution in [0.25, 0.3) is 0 Å². The van der Waals surface area contributed by atoms with E-state index in [0.29, 0.717) is 6.42 Å². The summed E-state index contributed by atoms with van der Waals surface area (Å²) in [6.07, 6.45) is 32.3. The molecule has 9 N–H and O–H groups in total. The third-order valence-corrected chi connectivity index (χ3v) is 14.1. The molecule has 0 saturated carbocycles. The molecule has 2 aliphatic rings. The molecule has 2 saturated heterocycles. The summed E-state index contributed by atoms with van der Waals surface area (Å²) in [4.78, 5) is 13.2.